The molecule has 2 atom stereocenters. The smallest absolute Gasteiger partial charge is 0.320 e. The molecule has 4 rings (SSSR count). The van der Waals surface area contributed by atoms with Crippen LogP contribution in [-0.4, -0.2) is 28.6 Å². The van der Waals surface area contributed by atoms with E-state index in [0.29, 0.717) is 13.0 Å². The molecule has 2 aromatic carbocycles. The predicted molar refractivity (Wildman–Crippen MR) is 97.4 cm³/mol. The number of halogens is 1. The second-order valence-corrected chi connectivity index (χ2v) is 7.29. The van der Waals surface area contributed by atoms with Gasteiger partial charge < -0.3 is 5.11 Å². The molecule has 25 heavy (non-hydrogen) atoms. The summed E-state index contributed by atoms with van der Waals surface area (Å²) in [7, 11) is 0. The van der Waals surface area contributed by atoms with Crippen LogP contribution in [0.2, 0.25) is 0 Å². The highest BCUT2D eigenvalue weighted by atomic mass is 32.1. The van der Waals surface area contributed by atoms with Crippen molar-refractivity contribution in [2.75, 3.05) is 6.54 Å². The maximum atomic E-state index is 13.9. The standard InChI is InChI=1S/C20H18FNO2S/c21-14-6-3-5-13(11-14)19(22-10-4-8-17(22)20(23)24)16-12-25-18-9-2-1-7-15(16)18/h1-3,5-7,9,11-12,17,19H,4,8,10H2,(H,23,24). The Morgan fingerprint density at radius 2 is 2.08 bits per heavy atom. The molecule has 1 aliphatic heterocycles. The van der Waals surface area contributed by atoms with Gasteiger partial charge in [-0.05, 0) is 52.9 Å². The number of carboxylic acid groups (broad SMARTS) is 1. The molecule has 0 amide bonds. The average molecular weight is 355 g/mol. The third-order valence-electron chi connectivity index (χ3n) is 4.88. The van der Waals surface area contributed by atoms with Crippen molar-refractivity contribution in [1.29, 1.82) is 0 Å². The molecule has 2 heterocycles. The van der Waals surface area contributed by atoms with E-state index < -0.39 is 12.0 Å². The number of thiophene rings is 1. The number of benzene rings is 2. The molecule has 5 heteroatoms. The summed E-state index contributed by atoms with van der Waals surface area (Å²) in [6, 6.07) is 13.8. The highest BCUT2D eigenvalue weighted by Crippen LogP contribution is 2.40. The number of fused-ring (bicyclic) bond motifs is 1. The first-order valence-electron chi connectivity index (χ1n) is 8.35. The normalized spacial score (nSPS) is 19.3. The summed E-state index contributed by atoms with van der Waals surface area (Å²) in [5, 5.41) is 12.8. The molecule has 1 aliphatic rings. The predicted octanol–water partition coefficient (Wildman–Crippen LogP) is 4.68. The van der Waals surface area contributed by atoms with Crippen molar-refractivity contribution >= 4 is 27.4 Å². The van der Waals surface area contributed by atoms with Gasteiger partial charge in [0.1, 0.15) is 11.9 Å². The molecule has 3 aromatic rings. The van der Waals surface area contributed by atoms with Gasteiger partial charge >= 0.3 is 5.97 Å². The number of carbonyl (C=O) groups is 1. The van der Waals surface area contributed by atoms with Gasteiger partial charge in [-0.2, -0.15) is 0 Å². The molecular weight excluding hydrogens is 337 g/mol. The summed E-state index contributed by atoms with van der Waals surface area (Å²) in [5.41, 5.74) is 1.86. The van der Waals surface area contributed by atoms with E-state index in [4.69, 9.17) is 0 Å². The number of nitrogens with zero attached hydrogens (tertiary/aromatic N) is 1. The van der Waals surface area contributed by atoms with Crippen LogP contribution in [0.25, 0.3) is 10.1 Å². The fraction of sp³-hybridized carbons (Fsp3) is 0.250. The topological polar surface area (TPSA) is 40.5 Å². The highest BCUT2D eigenvalue weighted by molar-refractivity contribution is 7.17. The van der Waals surface area contributed by atoms with E-state index in [-0.39, 0.29) is 11.9 Å². The molecular formula is C20H18FNO2S. The van der Waals surface area contributed by atoms with Gasteiger partial charge in [0, 0.05) is 11.2 Å². The van der Waals surface area contributed by atoms with E-state index in [0.717, 1.165) is 27.6 Å². The lowest BCUT2D eigenvalue weighted by molar-refractivity contribution is -0.142. The van der Waals surface area contributed by atoms with Crippen molar-refractivity contribution in [2.45, 2.75) is 24.9 Å². The number of likely N-dealkylation sites (tertiary alicyclic amines) is 1. The Bertz CT molecular complexity index is 923. The second-order valence-electron chi connectivity index (χ2n) is 6.38. The van der Waals surface area contributed by atoms with Crippen molar-refractivity contribution in [1.82, 2.24) is 4.90 Å². The third kappa shape index (κ3) is 2.94. The van der Waals surface area contributed by atoms with Crippen LogP contribution in [0.1, 0.15) is 30.0 Å². The molecule has 3 nitrogen and oxygen atoms in total. The van der Waals surface area contributed by atoms with Crippen molar-refractivity contribution in [2.24, 2.45) is 0 Å². The molecule has 1 saturated heterocycles. The number of aliphatic carboxylic acids is 1. The van der Waals surface area contributed by atoms with Crippen LogP contribution >= 0.6 is 11.3 Å². The minimum atomic E-state index is -0.807. The van der Waals surface area contributed by atoms with Gasteiger partial charge in [-0.25, -0.2) is 4.39 Å². The van der Waals surface area contributed by atoms with E-state index >= 15 is 0 Å². The molecule has 0 spiro atoms. The van der Waals surface area contributed by atoms with Crippen molar-refractivity contribution < 1.29 is 14.3 Å². The minimum absolute atomic E-state index is 0.254. The Kier molecular flexibility index (Phi) is 4.27. The lowest BCUT2D eigenvalue weighted by Gasteiger charge is -2.31. The van der Waals surface area contributed by atoms with Crippen molar-refractivity contribution in [3.63, 3.8) is 0 Å². The molecule has 1 aromatic heterocycles. The summed E-state index contributed by atoms with van der Waals surface area (Å²) in [6.07, 6.45) is 1.47. The second kappa shape index (κ2) is 6.58. The maximum Gasteiger partial charge on any atom is 0.320 e. The molecule has 2 unspecified atom stereocenters. The summed E-state index contributed by atoms with van der Waals surface area (Å²) in [6.45, 7) is 0.697. The van der Waals surface area contributed by atoms with Gasteiger partial charge in [0.15, 0.2) is 0 Å². The van der Waals surface area contributed by atoms with Crippen LogP contribution in [0, 0.1) is 5.82 Å². The van der Waals surface area contributed by atoms with Crippen molar-refractivity contribution in [3.8, 4) is 0 Å². The Balaban J connectivity index is 1.88. The number of carboxylic acids is 1. The monoisotopic (exact) mass is 355 g/mol. The molecule has 0 saturated carbocycles. The summed E-state index contributed by atoms with van der Waals surface area (Å²) >= 11 is 1.64. The fourth-order valence-electron chi connectivity index (χ4n) is 3.80. The Hall–Kier alpha value is -2.24. The van der Waals surface area contributed by atoms with Gasteiger partial charge in [0.25, 0.3) is 0 Å². The number of hydrogen-bond donors (Lipinski definition) is 1. The molecule has 128 valence electrons. The Morgan fingerprint density at radius 1 is 1.24 bits per heavy atom. The first-order valence-corrected chi connectivity index (χ1v) is 9.23. The molecule has 0 aliphatic carbocycles. The number of hydrogen-bond acceptors (Lipinski definition) is 3. The third-order valence-corrected chi connectivity index (χ3v) is 5.86. The zero-order chi connectivity index (χ0) is 17.4. The molecule has 0 radical (unpaired) electrons. The van der Waals surface area contributed by atoms with Crippen LogP contribution < -0.4 is 0 Å². The van der Waals surface area contributed by atoms with Crippen LogP contribution in [0.5, 0.6) is 0 Å². The zero-order valence-electron chi connectivity index (χ0n) is 13.6. The largest absolute Gasteiger partial charge is 0.480 e. The van der Waals surface area contributed by atoms with Crippen LogP contribution in [0.15, 0.2) is 53.9 Å². The van der Waals surface area contributed by atoms with Crippen LogP contribution in [0.4, 0.5) is 4.39 Å². The summed E-state index contributed by atoms with van der Waals surface area (Å²) in [4.78, 5) is 13.7. The van der Waals surface area contributed by atoms with Gasteiger partial charge in [-0.3, -0.25) is 9.69 Å². The summed E-state index contributed by atoms with van der Waals surface area (Å²) in [5.74, 6) is -1.11. The molecule has 1 N–H and O–H groups in total. The van der Waals surface area contributed by atoms with E-state index in [1.54, 1.807) is 17.4 Å². The molecule has 1 fully saturated rings. The van der Waals surface area contributed by atoms with Gasteiger partial charge in [0.2, 0.25) is 0 Å². The lowest BCUT2D eigenvalue weighted by Crippen LogP contribution is -2.39. The first kappa shape index (κ1) is 16.2. The van der Waals surface area contributed by atoms with E-state index in [9.17, 15) is 14.3 Å². The van der Waals surface area contributed by atoms with E-state index in [2.05, 4.69) is 17.5 Å². The first-order chi connectivity index (χ1) is 12.1. The van der Waals surface area contributed by atoms with Crippen LogP contribution in [-0.2, 0) is 4.79 Å². The van der Waals surface area contributed by atoms with E-state index in [1.807, 2.05) is 23.1 Å². The van der Waals surface area contributed by atoms with E-state index in [1.165, 1.54) is 12.1 Å². The zero-order valence-corrected chi connectivity index (χ0v) is 14.4. The maximum absolute atomic E-state index is 13.9. The van der Waals surface area contributed by atoms with Gasteiger partial charge in [-0.1, -0.05) is 30.3 Å². The van der Waals surface area contributed by atoms with Crippen molar-refractivity contribution in [3.05, 3.63) is 70.9 Å². The SMILES string of the molecule is O=C(O)C1CCCN1C(c1cccc(F)c1)c1csc2ccccc12. The Labute approximate surface area is 149 Å². The number of rotatable bonds is 4. The molecule has 0 bridgehead atoms. The van der Waals surface area contributed by atoms with Crippen LogP contribution in [0.3, 0.4) is 0 Å². The Morgan fingerprint density at radius 3 is 2.88 bits per heavy atom. The lowest BCUT2D eigenvalue weighted by atomic mass is 9.95. The fourth-order valence-corrected chi connectivity index (χ4v) is 4.78. The summed E-state index contributed by atoms with van der Waals surface area (Å²) < 4.78 is 15.1. The van der Waals surface area contributed by atoms with Gasteiger partial charge in [-0.15, -0.1) is 11.3 Å². The quantitative estimate of drug-likeness (QED) is 0.739. The average Bonchev–Trinajstić information content (AvgIpc) is 3.23. The minimum Gasteiger partial charge on any atom is -0.480 e. The highest BCUT2D eigenvalue weighted by Gasteiger charge is 2.37. The van der Waals surface area contributed by atoms with Gasteiger partial charge in [0.05, 0.1) is 6.04 Å².